The summed E-state index contributed by atoms with van der Waals surface area (Å²) in [7, 11) is 1.80. The van der Waals surface area contributed by atoms with Crippen LogP contribution in [0.1, 0.15) is 18.0 Å². The number of aliphatic carboxylic acids is 1. The maximum atomic E-state index is 10.6. The van der Waals surface area contributed by atoms with E-state index < -0.39 is 5.97 Å². The van der Waals surface area contributed by atoms with E-state index in [0.29, 0.717) is 6.54 Å². The van der Waals surface area contributed by atoms with Gasteiger partial charge < -0.3 is 10.4 Å². The van der Waals surface area contributed by atoms with E-state index in [1.807, 2.05) is 18.2 Å². The predicted octanol–water partition coefficient (Wildman–Crippen LogP) is 0.859. The third-order valence-corrected chi connectivity index (χ3v) is 1.98. The molecule has 4 heteroatoms. The van der Waals surface area contributed by atoms with Crippen LogP contribution in [-0.2, 0) is 4.79 Å². The summed E-state index contributed by atoms with van der Waals surface area (Å²) in [5.41, 5.74) is 0.823. The first-order valence-electron chi connectivity index (χ1n) is 4.51. The second kappa shape index (κ2) is 5.34. The lowest BCUT2D eigenvalue weighted by molar-refractivity contribution is -0.137. The van der Waals surface area contributed by atoms with Crippen LogP contribution < -0.4 is 5.32 Å². The normalized spacial score (nSPS) is 12.4. The Labute approximate surface area is 83.0 Å². The highest BCUT2D eigenvalue weighted by Crippen LogP contribution is 2.15. The second-order valence-corrected chi connectivity index (χ2v) is 3.11. The number of nitrogens with zero attached hydrogens (tertiary/aromatic N) is 1. The van der Waals surface area contributed by atoms with Gasteiger partial charge >= 0.3 is 5.97 Å². The molecular formula is C10H14N2O2. The monoisotopic (exact) mass is 194 g/mol. The molecule has 0 aliphatic heterocycles. The molecule has 0 aliphatic rings. The van der Waals surface area contributed by atoms with Crippen LogP contribution in [0.2, 0.25) is 0 Å². The fourth-order valence-electron chi connectivity index (χ4n) is 1.36. The van der Waals surface area contributed by atoms with Gasteiger partial charge in [0, 0.05) is 24.4 Å². The van der Waals surface area contributed by atoms with Crippen molar-refractivity contribution in [2.75, 3.05) is 13.6 Å². The van der Waals surface area contributed by atoms with Crippen LogP contribution in [0.5, 0.6) is 0 Å². The third kappa shape index (κ3) is 3.14. The molecule has 0 aromatic carbocycles. The molecule has 0 radical (unpaired) electrons. The van der Waals surface area contributed by atoms with Crippen molar-refractivity contribution >= 4 is 5.97 Å². The number of likely N-dealkylation sites (N-methyl/N-ethyl adjacent to an activating group) is 1. The van der Waals surface area contributed by atoms with Gasteiger partial charge in [-0.15, -0.1) is 0 Å². The van der Waals surface area contributed by atoms with Crippen LogP contribution in [0.25, 0.3) is 0 Å². The van der Waals surface area contributed by atoms with Gasteiger partial charge in [-0.05, 0) is 19.2 Å². The summed E-state index contributed by atoms with van der Waals surface area (Å²) in [6.07, 6.45) is 1.79. The van der Waals surface area contributed by atoms with Gasteiger partial charge in [-0.2, -0.15) is 0 Å². The van der Waals surface area contributed by atoms with Gasteiger partial charge in [-0.3, -0.25) is 9.78 Å². The van der Waals surface area contributed by atoms with Crippen molar-refractivity contribution in [3.63, 3.8) is 0 Å². The Kier molecular flexibility index (Phi) is 4.07. The number of carboxylic acid groups (broad SMARTS) is 1. The number of carboxylic acids is 1. The Morgan fingerprint density at radius 1 is 1.64 bits per heavy atom. The Balaban J connectivity index is 2.72. The van der Waals surface area contributed by atoms with Crippen molar-refractivity contribution in [1.82, 2.24) is 10.3 Å². The highest BCUT2D eigenvalue weighted by Gasteiger charge is 2.15. The van der Waals surface area contributed by atoms with Gasteiger partial charge in [0.25, 0.3) is 0 Å². The Morgan fingerprint density at radius 3 is 2.93 bits per heavy atom. The molecule has 0 spiro atoms. The molecule has 1 aromatic heterocycles. The molecule has 1 unspecified atom stereocenters. The molecule has 1 heterocycles. The van der Waals surface area contributed by atoms with E-state index in [0.717, 1.165) is 5.69 Å². The molecule has 0 bridgehead atoms. The van der Waals surface area contributed by atoms with Gasteiger partial charge in [-0.1, -0.05) is 6.07 Å². The average Bonchev–Trinajstić information content (AvgIpc) is 2.18. The van der Waals surface area contributed by atoms with Gasteiger partial charge in [0.05, 0.1) is 6.42 Å². The topological polar surface area (TPSA) is 62.2 Å². The van der Waals surface area contributed by atoms with Crippen molar-refractivity contribution < 1.29 is 9.90 Å². The molecule has 0 fully saturated rings. The predicted molar refractivity (Wildman–Crippen MR) is 53.2 cm³/mol. The van der Waals surface area contributed by atoms with E-state index in [-0.39, 0.29) is 12.3 Å². The molecule has 1 rings (SSSR count). The fourth-order valence-corrected chi connectivity index (χ4v) is 1.36. The molecule has 4 nitrogen and oxygen atoms in total. The van der Waals surface area contributed by atoms with Crippen LogP contribution in [0.4, 0.5) is 0 Å². The molecule has 76 valence electrons. The van der Waals surface area contributed by atoms with Crippen LogP contribution >= 0.6 is 0 Å². The Bertz CT molecular complexity index is 287. The third-order valence-electron chi connectivity index (χ3n) is 1.98. The lowest BCUT2D eigenvalue weighted by Crippen LogP contribution is -2.20. The first kappa shape index (κ1) is 10.7. The van der Waals surface area contributed by atoms with Crippen LogP contribution in [0.3, 0.4) is 0 Å². The summed E-state index contributed by atoms with van der Waals surface area (Å²) >= 11 is 0. The summed E-state index contributed by atoms with van der Waals surface area (Å²) in [5, 5.41) is 11.7. The molecule has 2 N–H and O–H groups in total. The number of carbonyl (C=O) groups is 1. The summed E-state index contributed by atoms with van der Waals surface area (Å²) in [4.78, 5) is 14.7. The molecule has 0 amide bonds. The SMILES string of the molecule is CNCC(CC(=O)O)c1ccccn1. The molecule has 1 aromatic rings. The lowest BCUT2D eigenvalue weighted by atomic mass is 10.0. The number of hydrogen-bond donors (Lipinski definition) is 2. The molecule has 0 saturated heterocycles. The Morgan fingerprint density at radius 2 is 2.43 bits per heavy atom. The van der Waals surface area contributed by atoms with E-state index >= 15 is 0 Å². The Hall–Kier alpha value is -1.42. The number of hydrogen-bond acceptors (Lipinski definition) is 3. The van der Waals surface area contributed by atoms with E-state index in [1.54, 1.807) is 13.2 Å². The largest absolute Gasteiger partial charge is 0.481 e. The maximum Gasteiger partial charge on any atom is 0.304 e. The first-order chi connectivity index (χ1) is 6.74. The number of nitrogens with one attached hydrogen (secondary N) is 1. The fraction of sp³-hybridized carbons (Fsp3) is 0.400. The summed E-state index contributed by atoms with van der Waals surface area (Å²) in [5.74, 6) is -0.852. The minimum Gasteiger partial charge on any atom is -0.481 e. The van der Waals surface area contributed by atoms with Crippen molar-refractivity contribution in [1.29, 1.82) is 0 Å². The average molecular weight is 194 g/mol. The minimum atomic E-state index is -0.795. The smallest absolute Gasteiger partial charge is 0.304 e. The van der Waals surface area contributed by atoms with Gasteiger partial charge in [-0.25, -0.2) is 0 Å². The quantitative estimate of drug-likeness (QED) is 0.729. The van der Waals surface area contributed by atoms with Crippen molar-refractivity contribution in [3.05, 3.63) is 30.1 Å². The zero-order valence-corrected chi connectivity index (χ0v) is 8.10. The molecule has 0 saturated carbocycles. The minimum absolute atomic E-state index is 0.0568. The van der Waals surface area contributed by atoms with E-state index in [2.05, 4.69) is 10.3 Å². The highest BCUT2D eigenvalue weighted by atomic mass is 16.4. The summed E-state index contributed by atoms with van der Waals surface area (Å²) < 4.78 is 0. The zero-order valence-electron chi connectivity index (χ0n) is 8.10. The van der Waals surface area contributed by atoms with Crippen LogP contribution in [-0.4, -0.2) is 29.7 Å². The molecule has 1 atom stereocenters. The van der Waals surface area contributed by atoms with Gasteiger partial charge in [0.1, 0.15) is 0 Å². The summed E-state index contributed by atoms with van der Waals surface area (Å²) in [6, 6.07) is 5.54. The van der Waals surface area contributed by atoms with Gasteiger partial charge in [0.15, 0.2) is 0 Å². The number of pyridine rings is 1. The molecular weight excluding hydrogens is 180 g/mol. The molecule has 0 aliphatic carbocycles. The van der Waals surface area contributed by atoms with E-state index in [4.69, 9.17) is 5.11 Å². The maximum absolute atomic E-state index is 10.6. The van der Waals surface area contributed by atoms with Crippen molar-refractivity contribution in [2.24, 2.45) is 0 Å². The standard InChI is InChI=1S/C10H14N2O2/c1-11-7-8(6-10(13)14)9-4-2-3-5-12-9/h2-5,8,11H,6-7H2,1H3,(H,13,14). The number of rotatable bonds is 5. The first-order valence-corrected chi connectivity index (χ1v) is 4.51. The van der Waals surface area contributed by atoms with Crippen LogP contribution in [0, 0.1) is 0 Å². The second-order valence-electron chi connectivity index (χ2n) is 3.11. The van der Waals surface area contributed by atoms with Crippen molar-refractivity contribution in [2.45, 2.75) is 12.3 Å². The molecule has 14 heavy (non-hydrogen) atoms. The number of aromatic nitrogens is 1. The highest BCUT2D eigenvalue weighted by molar-refractivity contribution is 5.67. The summed E-state index contributed by atoms with van der Waals surface area (Å²) in [6.45, 7) is 0.628. The van der Waals surface area contributed by atoms with E-state index in [9.17, 15) is 4.79 Å². The van der Waals surface area contributed by atoms with Gasteiger partial charge in [0.2, 0.25) is 0 Å². The zero-order chi connectivity index (χ0) is 10.4. The van der Waals surface area contributed by atoms with Crippen LogP contribution in [0.15, 0.2) is 24.4 Å². The van der Waals surface area contributed by atoms with E-state index in [1.165, 1.54) is 0 Å². The lowest BCUT2D eigenvalue weighted by Gasteiger charge is -2.12. The van der Waals surface area contributed by atoms with Crippen molar-refractivity contribution in [3.8, 4) is 0 Å².